The molecule has 0 spiro atoms. The van der Waals surface area contributed by atoms with Gasteiger partial charge in [0, 0.05) is 23.7 Å². The van der Waals surface area contributed by atoms with E-state index in [0.29, 0.717) is 18.9 Å². The standard InChI is InChI=1S/C19H30F2NO6P/c1-6-10(3)29(25,26)28-19(5,7-2)9-13-17(24)16(21)18(27-13)15-11(4)22-14(23)8-12(15)20/h8,10,13,16-18,24H,6-7,9H2,1-5H3,(H,22,23)(H,25,26). The third-order valence-corrected chi connectivity index (χ3v) is 7.89. The fraction of sp³-hybridized carbons (Fsp3) is 0.737. The van der Waals surface area contributed by atoms with Crippen molar-refractivity contribution in [3.8, 4) is 0 Å². The molecule has 7 atom stereocenters. The maximum absolute atomic E-state index is 14.8. The highest BCUT2D eigenvalue weighted by molar-refractivity contribution is 7.53. The van der Waals surface area contributed by atoms with Crippen molar-refractivity contribution >= 4 is 7.60 Å². The summed E-state index contributed by atoms with van der Waals surface area (Å²) in [6.45, 7) is 8.13. The normalized spacial score (nSPS) is 30.0. The molecule has 0 saturated carbocycles. The van der Waals surface area contributed by atoms with Crippen LogP contribution in [0.1, 0.15) is 64.3 Å². The van der Waals surface area contributed by atoms with Crippen LogP contribution in [0.25, 0.3) is 0 Å². The van der Waals surface area contributed by atoms with Crippen molar-refractivity contribution in [2.45, 2.75) is 89.6 Å². The molecular weight excluding hydrogens is 407 g/mol. The van der Waals surface area contributed by atoms with Crippen LogP contribution in [0, 0.1) is 12.7 Å². The number of H-pyrrole nitrogens is 1. The van der Waals surface area contributed by atoms with Crippen LogP contribution in [0.5, 0.6) is 0 Å². The Morgan fingerprint density at radius 2 is 2.07 bits per heavy atom. The zero-order valence-corrected chi connectivity index (χ0v) is 18.2. The van der Waals surface area contributed by atoms with E-state index in [4.69, 9.17) is 9.26 Å². The van der Waals surface area contributed by atoms with Crippen LogP contribution in [-0.4, -0.2) is 44.6 Å². The van der Waals surface area contributed by atoms with E-state index in [-0.39, 0.29) is 17.7 Å². The Kier molecular flexibility index (Phi) is 7.44. The Labute approximate surface area is 169 Å². The Hall–Kier alpha value is -1.12. The first kappa shape index (κ1) is 24.2. The molecule has 0 radical (unpaired) electrons. The summed E-state index contributed by atoms with van der Waals surface area (Å²) < 4.78 is 52.8. The van der Waals surface area contributed by atoms with Crippen molar-refractivity contribution in [1.29, 1.82) is 0 Å². The second kappa shape index (κ2) is 8.94. The van der Waals surface area contributed by atoms with Gasteiger partial charge < -0.3 is 24.2 Å². The van der Waals surface area contributed by atoms with Crippen LogP contribution in [-0.2, 0) is 13.8 Å². The van der Waals surface area contributed by atoms with E-state index in [1.54, 1.807) is 27.7 Å². The van der Waals surface area contributed by atoms with Crippen molar-refractivity contribution in [3.05, 3.63) is 33.5 Å². The first-order valence-electron chi connectivity index (χ1n) is 9.75. The van der Waals surface area contributed by atoms with Crippen molar-refractivity contribution in [1.82, 2.24) is 4.98 Å². The number of aromatic nitrogens is 1. The van der Waals surface area contributed by atoms with Gasteiger partial charge in [0.15, 0.2) is 6.17 Å². The lowest BCUT2D eigenvalue weighted by Gasteiger charge is -2.35. The van der Waals surface area contributed by atoms with Crippen LogP contribution in [0.2, 0.25) is 0 Å². The Balaban J connectivity index is 2.26. The van der Waals surface area contributed by atoms with E-state index in [0.717, 1.165) is 0 Å². The van der Waals surface area contributed by atoms with E-state index >= 15 is 0 Å². The summed E-state index contributed by atoms with van der Waals surface area (Å²) in [5.41, 5.74) is -2.45. The van der Waals surface area contributed by atoms with Gasteiger partial charge in [-0.05, 0) is 26.7 Å². The topological polar surface area (TPSA) is 109 Å². The van der Waals surface area contributed by atoms with Crippen LogP contribution >= 0.6 is 7.60 Å². The number of pyridine rings is 1. The summed E-state index contributed by atoms with van der Waals surface area (Å²) in [5, 5.41) is 10.4. The van der Waals surface area contributed by atoms with E-state index in [9.17, 15) is 28.1 Å². The fourth-order valence-corrected chi connectivity index (χ4v) is 4.92. The highest BCUT2D eigenvalue weighted by Gasteiger charge is 2.49. The molecule has 1 aromatic heterocycles. The number of aryl methyl sites for hydroxylation is 1. The molecule has 1 aliphatic rings. The average molecular weight is 437 g/mol. The lowest BCUT2D eigenvalue weighted by atomic mass is 9.92. The maximum Gasteiger partial charge on any atom is 0.331 e. The number of hydrogen-bond donors (Lipinski definition) is 3. The molecule has 7 nitrogen and oxygen atoms in total. The third-order valence-electron chi connectivity index (χ3n) is 5.71. The molecule has 10 heteroatoms. The van der Waals surface area contributed by atoms with Crippen molar-refractivity contribution < 1.29 is 32.6 Å². The second-order valence-corrected chi connectivity index (χ2v) is 10.2. The molecule has 0 aromatic carbocycles. The van der Waals surface area contributed by atoms with Gasteiger partial charge in [-0.15, -0.1) is 0 Å². The Morgan fingerprint density at radius 3 is 2.59 bits per heavy atom. The van der Waals surface area contributed by atoms with Gasteiger partial charge in [0.25, 0.3) is 5.56 Å². The predicted octanol–water partition coefficient (Wildman–Crippen LogP) is 3.52. The fourth-order valence-electron chi connectivity index (χ4n) is 3.44. The summed E-state index contributed by atoms with van der Waals surface area (Å²) in [6.07, 6.45) is -5.32. The Morgan fingerprint density at radius 1 is 1.45 bits per heavy atom. The number of rotatable bonds is 8. The molecule has 1 fully saturated rings. The van der Waals surface area contributed by atoms with E-state index < -0.39 is 54.7 Å². The van der Waals surface area contributed by atoms with Gasteiger partial charge in [0.1, 0.15) is 18.0 Å². The number of halogens is 2. The molecule has 1 aromatic rings. The minimum atomic E-state index is -3.94. The number of hydrogen-bond acceptors (Lipinski definition) is 5. The zero-order chi connectivity index (χ0) is 22.1. The maximum atomic E-state index is 14.8. The first-order chi connectivity index (χ1) is 13.3. The molecule has 29 heavy (non-hydrogen) atoms. The van der Waals surface area contributed by atoms with Gasteiger partial charge in [0.2, 0.25) is 0 Å². The molecule has 166 valence electrons. The van der Waals surface area contributed by atoms with Crippen molar-refractivity contribution in [2.24, 2.45) is 0 Å². The minimum Gasteiger partial charge on any atom is -0.387 e. The van der Waals surface area contributed by atoms with Gasteiger partial charge in [-0.3, -0.25) is 9.36 Å². The molecule has 0 amide bonds. The minimum absolute atomic E-state index is 0.0629. The molecule has 0 aliphatic carbocycles. The molecule has 2 heterocycles. The Bertz CT molecular complexity index is 807. The molecule has 1 aliphatic heterocycles. The summed E-state index contributed by atoms with van der Waals surface area (Å²) in [6, 6.07) is 0.700. The van der Waals surface area contributed by atoms with Crippen LogP contribution in [0.4, 0.5) is 8.78 Å². The zero-order valence-electron chi connectivity index (χ0n) is 17.3. The number of ether oxygens (including phenoxy) is 1. The average Bonchev–Trinajstić information content (AvgIpc) is 2.88. The quantitative estimate of drug-likeness (QED) is 0.537. The van der Waals surface area contributed by atoms with Crippen LogP contribution < -0.4 is 5.56 Å². The monoisotopic (exact) mass is 437 g/mol. The van der Waals surface area contributed by atoms with Crippen molar-refractivity contribution in [3.63, 3.8) is 0 Å². The van der Waals surface area contributed by atoms with Gasteiger partial charge >= 0.3 is 7.60 Å². The van der Waals surface area contributed by atoms with Crippen LogP contribution in [0.15, 0.2) is 10.9 Å². The smallest absolute Gasteiger partial charge is 0.331 e. The number of nitrogens with one attached hydrogen (secondary N) is 1. The summed E-state index contributed by atoms with van der Waals surface area (Å²) in [4.78, 5) is 24.0. The molecule has 1 saturated heterocycles. The summed E-state index contributed by atoms with van der Waals surface area (Å²) >= 11 is 0. The van der Waals surface area contributed by atoms with E-state index in [1.165, 1.54) is 6.92 Å². The lowest BCUT2D eigenvalue weighted by Crippen LogP contribution is -2.38. The summed E-state index contributed by atoms with van der Waals surface area (Å²) in [5.74, 6) is -0.919. The van der Waals surface area contributed by atoms with Crippen molar-refractivity contribution in [2.75, 3.05) is 0 Å². The van der Waals surface area contributed by atoms with Gasteiger partial charge in [-0.1, -0.05) is 20.8 Å². The highest BCUT2D eigenvalue weighted by atomic mass is 31.2. The van der Waals surface area contributed by atoms with Gasteiger partial charge in [-0.2, -0.15) is 0 Å². The third kappa shape index (κ3) is 5.14. The number of alkyl halides is 1. The van der Waals surface area contributed by atoms with E-state index in [1.807, 2.05) is 0 Å². The molecule has 3 N–H and O–H groups in total. The van der Waals surface area contributed by atoms with Gasteiger partial charge in [0.05, 0.1) is 17.4 Å². The highest BCUT2D eigenvalue weighted by Crippen LogP contribution is 2.54. The molecule has 2 rings (SSSR count). The summed E-state index contributed by atoms with van der Waals surface area (Å²) in [7, 11) is -3.94. The molecule has 0 bridgehead atoms. The molecular formula is C19H30F2NO6P. The SMILES string of the molecule is CCC(C)P(=O)(O)OC(C)(CC)CC1OC(c2c(F)cc(=O)[nH]c2C)C(F)C1O. The number of aliphatic hydroxyl groups excluding tert-OH is 1. The number of aliphatic hydroxyl groups is 1. The molecule has 7 unspecified atom stereocenters. The largest absolute Gasteiger partial charge is 0.387 e. The predicted molar refractivity (Wildman–Crippen MR) is 104 cm³/mol. The van der Waals surface area contributed by atoms with Crippen LogP contribution in [0.3, 0.4) is 0 Å². The number of aromatic amines is 1. The van der Waals surface area contributed by atoms with Gasteiger partial charge in [-0.25, -0.2) is 8.78 Å². The first-order valence-corrected chi connectivity index (χ1v) is 11.4. The lowest BCUT2D eigenvalue weighted by molar-refractivity contribution is -0.0477. The van der Waals surface area contributed by atoms with E-state index in [2.05, 4.69) is 4.98 Å². The second-order valence-electron chi connectivity index (χ2n) is 7.97.